The first kappa shape index (κ1) is 16.8. The lowest BCUT2D eigenvalue weighted by Gasteiger charge is -2.23. The van der Waals surface area contributed by atoms with E-state index in [1.165, 1.54) is 11.8 Å². The van der Waals surface area contributed by atoms with E-state index in [0.29, 0.717) is 11.1 Å². The van der Waals surface area contributed by atoms with Crippen molar-refractivity contribution in [1.29, 1.82) is 0 Å². The SMILES string of the molecule is CCSc1nnc([C@@H](NC(=O)OC(C)(C)C)C(C)C)o1. The molecule has 7 heteroatoms. The highest BCUT2D eigenvalue weighted by Gasteiger charge is 2.26. The summed E-state index contributed by atoms with van der Waals surface area (Å²) in [6.45, 7) is 11.4. The van der Waals surface area contributed by atoms with Gasteiger partial charge in [0.05, 0.1) is 0 Å². The van der Waals surface area contributed by atoms with E-state index in [1.807, 2.05) is 41.5 Å². The summed E-state index contributed by atoms with van der Waals surface area (Å²) in [5, 5.41) is 11.2. The van der Waals surface area contributed by atoms with Crippen molar-refractivity contribution >= 4 is 17.9 Å². The van der Waals surface area contributed by atoms with E-state index >= 15 is 0 Å². The molecule has 1 aromatic heterocycles. The van der Waals surface area contributed by atoms with Crippen molar-refractivity contribution < 1.29 is 13.9 Å². The second-order valence-electron chi connectivity index (χ2n) is 5.71. The number of ether oxygens (including phenoxy) is 1. The fourth-order valence-corrected chi connectivity index (χ4v) is 1.97. The number of alkyl carbamates (subject to hydrolysis) is 1. The van der Waals surface area contributed by atoms with Crippen LogP contribution >= 0.6 is 11.8 Å². The third kappa shape index (κ3) is 5.40. The monoisotopic (exact) mass is 301 g/mol. The predicted molar refractivity (Wildman–Crippen MR) is 77.6 cm³/mol. The molecule has 20 heavy (non-hydrogen) atoms. The van der Waals surface area contributed by atoms with Crippen molar-refractivity contribution in [2.24, 2.45) is 5.92 Å². The molecule has 114 valence electrons. The molecule has 1 heterocycles. The van der Waals surface area contributed by atoms with E-state index < -0.39 is 11.7 Å². The third-order valence-corrected chi connectivity index (χ3v) is 3.00. The van der Waals surface area contributed by atoms with Gasteiger partial charge in [0, 0.05) is 0 Å². The van der Waals surface area contributed by atoms with Gasteiger partial charge in [-0.25, -0.2) is 4.79 Å². The molecule has 1 amide bonds. The summed E-state index contributed by atoms with van der Waals surface area (Å²) in [5.74, 6) is 1.37. The minimum atomic E-state index is -0.538. The molecule has 1 rings (SSSR count). The van der Waals surface area contributed by atoms with Gasteiger partial charge in [0.2, 0.25) is 5.89 Å². The number of hydrogen-bond acceptors (Lipinski definition) is 6. The van der Waals surface area contributed by atoms with Gasteiger partial charge in [0.15, 0.2) is 0 Å². The minimum absolute atomic E-state index is 0.113. The highest BCUT2D eigenvalue weighted by molar-refractivity contribution is 7.99. The van der Waals surface area contributed by atoms with Crippen LogP contribution in [-0.2, 0) is 4.74 Å². The smallest absolute Gasteiger partial charge is 0.408 e. The number of amides is 1. The maximum Gasteiger partial charge on any atom is 0.408 e. The molecule has 0 aromatic carbocycles. The largest absolute Gasteiger partial charge is 0.444 e. The molecule has 1 aromatic rings. The van der Waals surface area contributed by atoms with Gasteiger partial charge < -0.3 is 14.5 Å². The average molecular weight is 301 g/mol. The molecule has 0 spiro atoms. The highest BCUT2D eigenvalue weighted by atomic mass is 32.2. The number of nitrogens with zero attached hydrogens (tertiary/aromatic N) is 2. The van der Waals surface area contributed by atoms with Crippen LogP contribution in [0.3, 0.4) is 0 Å². The van der Waals surface area contributed by atoms with Crippen LogP contribution in [0.4, 0.5) is 4.79 Å². The average Bonchev–Trinajstić information content (AvgIpc) is 2.72. The normalized spacial score (nSPS) is 13.3. The molecule has 0 radical (unpaired) electrons. The van der Waals surface area contributed by atoms with E-state index in [2.05, 4.69) is 15.5 Å². The van der Waals surface area contributed by atoms with Crippen molar-refractivity contribution in [3.05, 3.63) is 5.89 Å². The molecule has 1 atom stereocenters. The Kier molecular flexibility index (Phi) is 5.86. The lowest BCUT2D eigenvalue weighted by atomic mass is 10.1. The Morgan fingerprint density at radius 3 is 2.55 bits per heavy atom. The molecule has 1 N–H and O–H groups in total. The minimum Gasteiger partial charge on any atom is -0.444 e. The van der Waals surface area contributed by atoms with Gasteiger partial charge in [0.1, 0.15) is 11.6 Å². The lowest BCUT2D eigenvalue weighted by Crippen LogP contribution is -2.37. The van der Waals surface area contributed by atoms with Crippen LogP contribution in [0.1, 0.15) is 53.5 Å². The number of nitrogens with one attached hydrogen (secondary N) is 1. The summed E-state index contributed by atoms with van der Waals surface area (Å²) < 4.78 is 10.8. The second-order valence-corrected chi connectivity index (χ2v) is 6.92. The third-order valence-electron chi connectivity index (χ3n) is 2.29. The first-order valence-electron chi connectivity index (χ1n) is 6.68. The van der Waals surface area contributed by atoms with Crippen LogP contribution in [0, 0.1) is 5.92 Å². The number of rotatable bonds is 5. The number of carbonyl (C=O) groups is 1. The van der Waals surface area contributed by atoms with E-state index in [-0.39, 0.29) is 12.0 Å². The zero-order chi connectivity index (χ0) is 15.3. The van der Waals surface area contributed by atoms with Crippen molar-refractivity contribution in [3.8, 4) is 0 Å². The fraction of sp³-hybridized carbons (Fsp3) is 0.769. The van der Waals surface area contributed by atoms with E-state index in [0.717, 1.165) is 5.75 Å². The van der Waals surface area contributed by atoms with Crippen LogP contribution in [0.15, 0.2) is 9.64 Å². The maximum absolute atomic E-state index is 11.9. The molecule has 0 aliphatic carbocycles. The van der Waals surface area contributed by atoms with Gasteiger partial charge in [-0.05, 0) is 32.4 Å². The van der Waals surface area contributed by atoms with Crippen molar-refractivity contribution in [2.75, 3.05) is 5.75 Å². The molecule has 0 saturated heterocycles. The van der Waals surface area contributed by atoms with Crippen molar-refractivity contribution in [3.63, 3.8) is 0 Å². The predicted octanol–water partition coefficient (Wildman–Crippen LogP) is 3.40. The number of hydrogen-bond donors (Lipinski definition) is 1. The molecule has 0 saturated carbocycles. The highest BCUT2D eigenvalue weighted by Crippen LogP contribution is 2.24. The quantitative estimate of drug-likeness (QED) is 0.840. The molecule has 0 unspecified atom stereocenters. The Labute approximate surface area is 124 Å². The number of thioether (sulfide) groups is 1. The van der Waals surface area contributed by atoms with Gasteiger partial charge in [-0.2, -0.15) is 0 Å². The first-order chi connectivity index (χ1) is 9.23. The molecular formula is C13H23N3O3S. The standard InChI is InChI=1S/C13H23N3O3S/c1-7-20-12-16-15-10(18-12)9(8(2)3)14-11(17)19-13(4,5)6/h8-9H,7H2,1-6H3,(H,14,17)/t9-/m0/s1. The number of carbonyl (C=O) groups excluding carboxylic acids is 1. The summed E-state index contributed by atoms with van der Waals surface area (Å²) in [7, 11) is 0. The Balaban J connectivity index is 2.76. The Morgan fingerprint density at radius 2 is 2.05 bits per heavy atom. The second kappa shape index (κ2) is 6.97. The topological polar surface area (TPSA) is 77.2 Å². The van der Waals surface area contributed by atoms with Crippen LogP contribution in [0.25, 0.3) is 0 Å². The summed E-state index contributed by atoms with van der Waals surface area (Å²) in [5.41, 5.74) is -0.538. The van der Waals surface area contributed by atoms with Crippen LogP contribution in [0.5, 0.6) is 0 Å². The van der Waals surface area contributed by atoms with Crippen LogP contribution in [0.2, 0.25) is 0 Å². The molecule has 6 nitrogen and oxygen atoms in total. The van der Waals surface area contributed by atoms with E-state index in [1.54, 1.807) is 0 Å². The lowest BCUT2D eigenvalue weighted by molar-refractivity contribution is 0.0477. The zero-order valence-electron chi connectivity index (χ0n) is 12.9. The summed E-state index contributed by atoms with van der Waals surface area (Å²) in [6.07, 6.45) is -0.487. The molecular weight excluding hydrogens is 278 g/mol. The maximum atomic E-state index is 11.9. The Bertz CT molecular complexity index is 440. The molecule has 0 fully saturated rings. The Morgan fingerprint density at radius 1 is 1.40 bits per heavy atom. The van der Waals surface area contributed by atoms with Gasteiger partial charge in [-0.3, -0.25) is 0 Å². The van der Waals surface area contributed by atoms with Gasteiger partial charge in [-0.1, -0.05) is 32.5 Å². The van der Waals surface area contributed by atoms with E-state index in [9.17, 15) is 4.79 Å². The van der Waals surface area contributed by atoms with Crippen LogP contribution < -0.4 is 5.32 Å². The molecule has 0 aliphatic heterocycles. The van der Waals surface area contributed by atoms with Crippen molar-refractivity contribution in [1.82, 2.24) is 15.5 Å². The summed E-state index contributed by atoms with van der Waals surface area (Å²) >= 11 is 1.47. The van der Waals surface area contributed by atoms with Crippen molar-refractivity contribution in [2.45, 2.75) is 58.4 Å². The molecule has 0 bridgehead atoms. The van der Waals surface area contributed by atoms with Crippen LogP contribution in [-0.4, -0.2) is 27.6 Å². The number of aromatic nitrogens is 2. The van der Waals surface area contributed by atoms with Gasteiger partial charge in [-0.15, -0.1) is 10.2 Å². The fourth-order valence-electron chi connectivity index (χ4n) is 1.48. The Hall–Kier alpha value is -1.24. The molecule has 0 aliphatic rings. The summed E-state index contributed by atoms with van der Waals surface area (Å²) in [4.78, 5) is 11.9. The van der Waals surface area contributed by atoms with Gasteiger partial charge >= 0.3 is 6.09 Å². The first-order valence-corrected chi connectivity index (χ1v) is 7.67. The summed E-state index contributed by atoms with van der Waals surface area (Å²) in [6, 6.07) is -0.358. The van der Waals surface area contributed by atoms with E-state index in [4.69, 9.17) is 9.15 Å². The zero-order valence-corrected chi connectivity index (χ0v) is 13.7. The van der Waals surface area contributed by atoms with Gasteiger partial charge in [0.25, 0.3) is 5.22 Å².